The Bertz CT molecular complexity index is 493. The molecule has 0 spiro atoms. The van der Waals surface area contributed by atoms with Gasteiger partial charge < -0.3 is 9.64 Å². The first-order valence-corrected chi connectivity index (χ1v) is 6.89. The number of thiocarbonyl (C=S) groups is 1. The number of rotatable bonds is 3. The van der Waals surface area contributed by atoms with Crippen LogP contribution in [0.1, 0.15) is 6.92 Å². The van der Waals surface area contributed by atoms with E-state index >= 15 is 0 Å². The third-order valence-corrected chi connectivity index (χ3v) is 4.08. The first kappa shape index (κ1) is 13.3. The maximum atomic E-state index is 13.3. The molecule has 1 aromatic carbocycles. The molecule has 1 aromatic rings. The zero-order chi connectivity index (χ0) is 13.1. The molecule has 96 valence electrons. The molecule has 0 amide bonds. The van der Waals surface area contributed by atoms with Gasteiger partial charge in [0.05, 0.1) is 17.3 Å². The second kappa shape index (κ2) is 5.67. The lowest BCUT2D eigenvalue weighted by Gasteiger charge is -2.30. The molecule has 0 fully saturated rings. The van der Waals surface area contributed by atoms with Crippen LogP contribution in [0.5, 0.6) is 0 Å². The molecule has 3 nitrogen and oxygen atoms in total. The van der Waals surface area contributed by atoms with E-state index in [1.165, 1.54) is 12.1 Å². The van der Waals surface area contributed by atoms with Crippen LogP contribution in [-0.2, 0) is 9.53 Å². The number of halogens is 1. The molecule has 0 saturated heterocycles. The molecule has 0 atom stereocenters. The predicted molar refractivity (Wildman–Crippen MR) is 73.7 cm³/mol. The smallest absolute Gasteiger partial charge is 0.325 e. The summed E-state index contributed by atoms with van der Waals surface area (Å²) in [4.78, 5) is 14.7. The number of ether oxygens (including phenoxy) is 1. The number of hydrogen-bond donors (Lipinski definition) is 0. The summed E-state index contributed by atoms with van der Waals surface area (Å²) in [5.41, 5.74) is 0.643. The van der Waals surface area contributed by atoms with Crippen LogP contribution >= 0.6 is 24.0 Å². The minimum Gasteiger partial charge on any atom is -0.465 e. The Morgan fingerprint density at radius 3 is 3.11 bits per heavy atom. The van der Waals surface area contributed by atoms with Gasteiger partial charge in [-0.05, 0) is 25.1 Å². The third kappa shape index (κ3) is 2.81. The molecule has 1 aliphatic rings. The van der Waals surface area contributed by atoms with Crippen LogP contribution in [0.2, 0.25) is 0 Å². The summed E-state index contributed by atoms with van der Waals surface area (Å²) in [6.07, 6.45) is 0. The van der Waals surface area contributed by atoms with Crippen LogP contribution in [-0.4, -0.2) is 29.9 Å². The van der Waals surface area contributed by atoms with Crippen LogP contribution < -0.4 is 4.90 Å². The van der Waals surface area contributed by atoms with Gasteiger partial charge >= 0.3 is 5.97 Å². The van der Waals surface area contributed by atoms with Crippen molar-refractivity contribution in [3.63, 3.8) is 0 Å². The number of carbonyl (C=O) groups excluding carboxylic acids is 1. The molecule has 0 aromatic heterocycles. The number of fused-ring (bicyclic) bond motifs is 1. The quantitative estimate of drug-likeness (QED) is 0.629. The van der Waals surface area contributed by atoms with E-state index in [1.807, 2.05) is 0 Å². The van der Waals surface area contributed by atoms with Gasteiger partial charge in [0.15, 0.2) is 0 Å². The molecule has 1 heterocycles. The summed E-state index contributed by atoms with van der Waals surface area (Å²) >= 11 is 6.77. The zero-order valence-corrected chi connectivity index (χ0v) is 11.4. The highest BCUT2D eigenvalue weighted by molar-refractivity contribution is 8.01. The van der Waals surface area contributed by atoms with Crippen molar-refractivity contribution in [3.8, 4) is 0 Å². The molecule has 0 radical (unpaired) electrons. The normalized spacial score (nSPS) is 14.3. The number of carbonyl (C=O) groups is 1. The molecule has 0 saturated carbocycles. The summed E-state index contributed by atoms with van der Waals surface area (Å²) in [5.74, 6) is -0.0808. The van der Waals surface area contributed by atoms with E-state index in [1.54, 1.807) is 29.7 Å². The molecule has 1 aliphatic heterocycles. The molecule has 6 heteroatoms. The lowest BCUT2D eigenvalue weighted by Crippen LogP contribution is -2.38. The van der Waals surface area contributed by atoms with E-state index < -0.39 is 0 Å². The zero-order valence-electron chi connectivity index (χ0n) is 9.81. The number of anilines is 1. The van der Waals surface area contributed by atoms with Crippen molar-refractivity contribution in [2.45, 2.75) is 11.8 Å². The standard InChI is InChI=1S/C12H12FNO2S2/c1-2-16-12(15)6-14-9-5-8(13)3-4-10(9)18-7-11(14)17/h3-5H,2,6-7H2,1H3. The second-order valence-corrected chi connectivity index (χ2v) is 5.17. The van der Waals surface area contributed by atoms with Gasteiger partial charge in [-0.25, -0.2) is 4.39 Å². The van der Waals surface area contributed by atoms with Gasteiger partial charge in [-0.3, -0.25) is 4.79 Å². The third-order valence-electron chi connectivity index (χ3n) is 2.46. The number of thioether (sulfide) groups is 1. The van der Waals surface area contributed by atoms with E-state index in [4.69, 9.17) is 17.0 Å². The summed E-state index contributed by atoms with van der Waals surface area (Å²) in [6.45, 7) is 2.10. The first-order valence-electron chi connectivity index (χ1n) is 5.50. The average Bonchev–Trinajstić information content (AvgIpc) is 2.33. The van der Waals surface area contributed by atoms with Crippen molar-refractivity contribution in [2.75, 3.05) is 23.8 Å². The number of hydrogen-bond acceptors (Lipinski definition) is 4. The van der Waals surface area contributed by atoms with Crippen molar-refractivity contribution in [1.29, 1.82) is 0 Å². The van der Waals surface area contributed by atoms with E-state index in [9.17, 15) is 9.18 Å². The van der Waals surface area contributed by atoms with Crippen molar-refractivity contribution >= 4 is 40.6 Å². The van der Waals surface area contributed by atoms with E-state index in [0.717, 1.165) is 4.90 Å². The summed E-state index contributed by atoms with van der Waals surface area (Å²) in [5, 5.41) is 0. The van der Waals surface area contributed by atoms with Gasteiger partial charge in [-0.2, -0.15) is 0 Å². The largest absolute Gasteiger partial charge is 0.465 e. The Balaban J connectivity index is 2.27. The summed E-state index contributed by atoms with van der Waals surface area (Å²) in [6, 6.07) is 4.50. The minimum absolute atomic E-state index is 0.0314. The average molecular weight is 285 g/mol. The number of esters is 1. The van der Waals surface area contributed by atoms with Crippen molar-refractivity contribution in [3.05, 3.63) is 24.0 Å². The van der Waals surface area contributed by atoms with Gasteiger partial charge in [0, 0.05) is 10.6 Å². The maximum absolute atomic E-state index is 13.3. The fourth-order valence-electron chi connectivity index (χ4n) is 1.68. The summed E-state index contributed by atoms with van der Waals surface area (Å²) < 4.78 is 18.2. The Morgan fingerprint density at radius 1 is 1.61 bits per heavy atom. The van der Waals surface area contributed by atoms with E-state index in [2.05, 4.69) is 0 Å². The fourth-order valence-corrected chi connectivity index (χ4v) is 2.94. The van der Waals surface area contributed by atoms with Crippen LogP contribution in [0.3, 0.4) is 0 Å². The molecule has 0 bridgehead atoms. The Hall–Kier alpha value is -1.14. The minimum atomic E-state index is -0.359. The molecular formula is C12H12FNO2S2. The highest BCUT2D eigenvalue weighted by atomic mass is 32.2. The van der Waals surface area contributed by atoms with Gasteiger partial charge in [0.25, 0.3) is 0 Å². The number of nitrogens with zero attached hydrogens (tertiary/aromatic N) is 1. The number of benzene rings is 1. The molecule has 0 N–H and O–H groups in total. The molecule has 18 heavy (non-hydrogen) atoms. The van der Waals surface area contributed by atoms with Crippen molar-refractivity contribution in [1.82, 2.24) is 0 Å². The van der Waals surface area contributed by atoms with Crippen LogP contribution in [0.15, 0.2) is 23.1 Å². The molecule has 0 unspecified atom stereocenters. The second-order valence-electron chi connectivity index (χ2n) is 3.69. The van der Waals surface area contributed by atoms with E-state index in [0.29, 0.717) is 23.0 Å². The van der Waals surface area contributed by atoms with Crippen LogP contribution in [0.25, 0.3) is 0 Å². The van der Waals surface area contributed by atoms with Gasteiger partial charge in [0.2, 0.25) is 0 Å². The Labute approximate surface area is 114 Å². The maximum Gasteiger partial charge on any atom is 0.325 e. The lowest BCUT2D eigenvalue weighted by atomic mass is 10.2. The monoisotopic (exact) mass is 285 g/mol. The highest BCUT2D eigenvalue weighted by Crippen LogP contribution is 2.36. The first-order chi connectivity index (χ1) is 8.61. The van der Waals surface area contributed by atoms with Gasteiger partial charge in [-0.15, -0.1) is 11.8 Å². The SMILES string of the molecule is CCOC(=O)CN1C(=S)CSc2ccc(F)cc21. The summed E-state index contributed by atoms with van der Waals surface area (Å²) in [7, 11) is 0. The van der Waals surface area contributed by atoms with Crippen molar-refractivity contribution < 1.29 is 13.9 Å². The Morgan fingerprint density at radius 2 is 2.39 bits per heavy atom. The van der Waals surface area contributed by atoms with Crippen molar-refractivity contribution in [2.24, 2.45) is 0 Å². The van der Waals surface area contributed by atoms with Crippen LogP contribution in [0, 0.1) is 5.82 Å². The van der Waals surface area contributed by atoms with E-state index in [-0.39, 0.29) is 18.3 Å². The fraction of sp³-hybridized carbons (Fsp3) is 0.333. The Kier molecular flexibility index (Phi) is 4.19. The van der Waals surface area contributed by atoms with Gasteiger partial charge in [-0.1, -0.05) is 12.2 Å². The lowest BCUT2D eigenvalue weighted by molar-refractivity contribution is -0.141. The van der Waals surface area contributed by atoms with Gasteiger partial charge in [0.1, 0.15) is 12.4 Å². The predicted octanol–water partition coefficient (Wildman–Crippen LogP) is 2.63. The van der Waals surface area contributed by atoms with Crippen LogP contribution in [0.4, 0.5) is 10.1 Å². The molecule has 0 aliphatic carbocycles. The molecular weight excluding hydrogens is 273 g/mol. The molecule has 2 rings (SSSR count). The highest BCUT2D eigenvalue weighted by Gasteiger charge is 2.24. The topological polar surface area (TPSA) is 29.5 Å².